The third-order valence-corrected chi connectivity index (χ3v) is 3.15. The maximum atomic E-state index is 12.0. The number of benzene rings is 1. The van der Waals surface area contributed by atoms with Crippen molar-refractivity contribution in [2.45, 2.75) is 20.4 Å². The molecule has 0 aliphatic heterocycles. The van der Waals surface area contributed by atoms with Crippen molar-refractivity contribution in [3.05, 3.63) is 51.8 Å². The third kappa shape index (κ3) is 2.82. The van der Waals surface area contributed by atoms with Crippen molar-refractivity contribution < 1.29 is 4.79 Å². The van der Waals surface area contributed by atoms with Gasteiger partial charge in [0, 0.05) is 11.8 Å². The number of aromatic nitrogens is 2. The number of aryl methyl sites for hydroxylation is 2. The zero-order valence-corrected chi connectivity index (χ0v) is 11.4. The highest BCUT2D eigenvalue weighted by Crippen LogP contribution is 2.12. The van der Waals surface area contributed by atoms with Crippen molar-refractivity contribution >= 4 is 21.7 Å². The lowest BCUT2D eigenvalue weighted by molar-refractivity contribution is 0.0967. The lowest BCUT2D eigenvalue weighted by Gasteiger charge is -2.04. The van der Waals surface area contributed by atoms with Gasteiger partial charge in [0.1, 0.15) is 6.54 Å². The standard InChI is InChI=1S/C13H13BrN2O/c1-9-3-4-11(5-10(9)2)13(17)8-16-7-12(14)6-15-16/h3-7H,8H2,1-2H3. The number of carbonyl (C=O) groups excluding carboxylic acids is 1. The summed E-state index contributed by atoms with van der Waals surface area (Å²) in [6.07, 6.45) is 3.46. The van der Waals surface area contributed by atoms with Gasteiger partial charge in [0.15, 0.2) is 5.78 Å². The largest absolute Gasteiger partial charge is 0.292 e. The molecule has 88 valence electrons. The van der Waals surface area contributed by atoms with Crippen LogP contribution in [0.15, 0.2) is 35.1 Å². The van der Waals surface area contributed by atoms with Gasteiger partial charge < -0.3 is 0 Å². The van der Waals surface area contributed by atoms with Gasteiger partial charge in [0.25, 0.3) is 0 Å². The lowest BCUT2D eigenvalue weighted by Crippen LogP contribution is -2.11. The van der Waals surface area contributed by atoms with Gasteiger partial charge in [-0.05, 0) is 47.0 Å². The highest BCUT2D eigenvalue weighted by Gasteiger charge is 2.08. The number of hydrogen-bond donors (Lipinski definition) is 0. The Morgan fingerprint density at radius 2 is 2.12 bits per heavy atom. The Morgan fingerprint density at radius 3 is 2.71 bits per heavy atom. The molecule has 2 rings (SSSR count). The van der Waals surface area contributed by atoms with Gasteiger partial charge in [0.05, 0.1) is 10.7 Å². The quantitative estimate of drug-likeness (QED) is 0.815. The molecule has 0 bridgehead atoms. The van der Waals surface area contributed by atoms with Crippen LogP contribution in [0.25, 0.3) is 0 Å². The van der Waals surface area contributed by atoms with E-state index in [1.165, 1.54) is 5.56 Å². The first-order valence-corrected chi connectivity index (χ1v) is 6.14. The van der Waals surface area contributed by atoms with Crippen LogP contribution in [-0.2, 0) is 6.54 Å². The van der Waals surface area contributed by atoms with Gasteiger partial charge in [-0.15, -0.1) is 0 Å². The second kappa shape index (κ2) is 4.84. The second-order valence-corrected chi connectivity index (χ2v) is 4.99. The normalized spacial score (nSPS) is 10.5. The van der Waals surface area contributed by atoms with Gasteiger partial charge in [-0.3, -0.25) is 9.48 Å². The fourth-order valence-electron chi connectivity index (χ4n) is 1.58. The lowest BCUT2D eigenvalue weighted by atomic mass is 10.0. The van der Waals surface area contributed by atoms with Crippen LogP contribution >= 0.6 is 15.9 Å². The van der Waals surface area contributed by atoms with E-state index in [0.29, 0.717) is 0 Å². The van der Waals surface area contributed by atoms with E-state index < -0.39 is 0 Å². The Morgan fingerprint density at radius 1 is 1.35 bits per heavy atom. The molecular formula is C13H13BrN2O. The van der Waals surface area contributed by atoms with Gasteiger partial charge in [-0.1, -0.05) is 12.1 Å². The van der Waals surface area contributed by atoms with E-state index in [1.54, 1.807) is 17.1 Å². The predicted molar refractivity (Wildman–Crippen MR) is 70.2 cm³/mol. The summed E-state index contributed by atoms with van der Waals surface area (Å²) >= 11 is 3.30. The van der Waals surface area contributed by atoms with Crippen molar-refractivity contribution in [1.82, 2.24) is 9.78 Å². The van der Waals surface area contributed by atoms with E-state index in [9.17, 15) is 4.79 Å². The second-order valence-electron chi connectivity index (χ2n) is 4.08. The first-order chi connectivity index (χ1) is 8.06. The van der Waals surface area contributed by atoms with Crippen molar-refractivity contribution in [3.63, 3.8) is 0 Å². The predicted octanol–water partition coefficient (Wildman–Crippen LogP) is 3.15. The number of carbonyl (C=O) groups is 1. The molecule has 3 nitrogen and oxygen atoms in total. The highest BCUT2D eigenvalue weighted by atomic mass is 79.9. The van der Waals surface area contributed by atoms with Crippen molar-refractivity contribution in [2.24, 2.45) is 0 Å². The molecule has 17 heavy (non-hydrogen) atoms. The van der Waals surface area contributed by atoms with Crippen molar-refractivity contribution in [3.8, 4) is 0 Å². The monoisotopic (exact) mass is 292 g/mol. The summed E-state index contributed by atoms with van der Waals surface area (Å²) < 4.78 is 2.51. The summed E-state index contributed by atoms with van der Waals surface area (Å²) in [5, 5.41) is 4.07. The van der Waals surface area contributed by atoms with Crippen molar-refractivity contribution in [2.75, 3.05) is 0 Å². The van der Waals surface area contributed by atoms with Crippen LogP contribution in [0.5, 0.6) is 0 Å². The summed E-state index contributed by atoms with van der Waals surface area (Å²) in [6.45, 7) is 4.32. The Balaban J connectivity index is 2.17. The first-order valence-electron chi connectivity index (χ1n) is 5.34. The fraction of sp³-hybridized carbons (Fsp3) is 0.231. The number of rotatable bonds is 3. The number of ketones is 1. The maximum Gasteiger partial charge on any atom is 0.184 e. The molecular weight excluding hydrogens is 280 g/mol. The molecule has 1 aromatic heterocycles. The number of hydrogen-bond acceptors (Lipinski definition) is 2. The Kier molecular flexibility index (Phi) is 3.43. The molecule has 0 N–H and O–H groups in total. The summed E-state index contributed by atoms with van der Waals surface area (Å²) in [7, 11) is 0. The Hall–Kier alpha value is -1.42. The molecule has 0 spiro atoms. The van der Waals surface area contributed by atoms with Crippen LogP contribution in [0.4, 0.5) is 0 Å². The fourth-order valence-corrected chi connectivity index (χ4v) is 1.91. The minimum Gasteiger partial charge on any atom is -0.292 e. The SMILES string of the molecule is Cc1ccc(C(=O)Cn2cc(Br)cn2)cc1C. The number of halogens is 1. The van der Waals surface area contributed by atoms with Crippen LogP contribution in [-0.4, -0.2) is 15.6 Å². The summed E-state index contributed by atoms with van der Waals surface area (Å²) in [5.41, 5.74) is 3.07. The molecule has 0 saturated heterocycles. The molecule has 0 saturated carbocycles. The smallest absolute Gasteiger partial charge is 0.184 e. The van der Waals surface area contributed by atoms with E-state index in [4.69, 9.17) is 0 Å². The number of Topliss-reactive ketones (excluding diaryl/α,β-unsaturated/α-hetero) is 1. The summed E-state index contributed by atoms with van der Waals surface area (Å²) in [4.78, 5) is 12.0. The minimum atomic E-state index is 0.0729. The van der Waals surface area contributed by atoms with Gasteiger partial charge in [-0.25, -0.2) is 0 Å². The van der Waals surface area contributed by atoms with Crippen LogP contribution in [0.1, 0.15) is 21.5 Å². The van der Waals surface area contributed by atoms with Gasteiger partial charge in [-0.2, -0.15) is 5.10 Å². The minimum absolute atomic E-state index is 0.0729. The molecule has 0 radical (unpaired) electrons. The Bertz CT molecular complexity index is 560. The van der Waals surface area contributed by atoms with Crippen LogP contribution < -0.4 is 0 Å². The summed E-state index contributed by atoms with van der Waals surface area (Å²) in [6, 6.07) is 5.76. The average molecular weight is 293 g/mol. The molecule has 0 aliphatic carbocycles. The molecule has 0 atom stereocenters. The van der Waals surface area contributed by atoms with E-state index in [0.717, 1.165) is 15.6 Å². The molecule has 0 amide bonds. The van der Waals surface area contributed by atoms with E-state index in [1.807, 2.05) is 32.0 Å². The van der Waals surface area contributed by atoms with Crippen molar-refractivity contribution in [1.29, 1.82) is 0 Å². The number of nitrogens with zero attached hydrogens (tertiary/aromatic N) is 2. The third-order valence-electron chi connectivity index (χ3n) is 2.74. The zero-order chi connectivity index (χ0) is 12.4. The van der Waals surface area contributed by atoms with E-state index in [2.05, 4.69) is 21.0 Å². The highest BCUT2D eigenvalue weighted by molar-refractivity contribution is 9.10. The molecule has 0 aliphatic rings. The molecule has 1 aromatic carbocycles. The topological polar surface area (TPSA) is 34.9 Å². The maximum absolute atomic E-state index is 12.0. The molecule has 1 heterocycles. The molecule has 2 aromatic rings. The molecule has 0 unspecified atom stereocenters. The van der Waals surface area contributed by atoms with Crippen LogP contribution in [0, 0.1) is 13.8 Å². The van der Waals surface area contributed by atoms with Crippen LogP contribution in [0.2, 0.25) is 0 Å². The average Bonchev–Trinajstić information content (AvgIpc) is 2.68. The molecule has 4 heteroatoms. The van der Waals surface area contributed by atoms with Gasteiger partial charge >= 0.3 is 0 Å². The first kappa shape index (κ1) is 12.0. The zero-order valence-electron chi connectivity index (χ0n) is 9.77. The Labute approximate surface area is 109 Å². The van der Waals surface area contributed by atoms with Crippen LogP contribution in [0.3, 0.4) is 0 Å². The molecule has 0 fully saturated rings. The van der Waals surface area contributed by atoms with E-state index >= 15 is 0 Å². The van der Waals surface area contributed by atoms with E-state index in [-0.39, 0.29) is 12.3 Å². The van der Waals surface area contributed by atoms with Gasteiger partial charge in [0.2, 0.25) is 0 Å². The summed E-state index contributed by atoms with van der Waals surface area (Å²) in [5.74, 6) is 0.0729.